The summed E-state index contributed by atoms with van der Waals surface area (Å²) in [5.74, 6) is -0.210. The summed E-state index contributed by atoms with van der Waals surface area (Å²) in [7, 11) is 0. The van der Waals surface area contributed by atoms with Crippen LogP contribution in [0.15, 0.2) is 71.4 Å². The monoisotopic (exact) mass is 416 g/mol. The molecule has 1 amide bonds. The topological polar surface area (TPSA) is 73.0 Å². The molecule has 0 bridgehead atoms. The van der Waals surface area contributed by atoms with Gasteiger partial charge in [-0.2, -0.15) is 5.10 Å². The Morgan fingerprint density at radius 1 is 1.16 bits per heavy atom. The first-order valence-corrected chi connectivity index (χ1v) is 10.3. The van der Waals surface area contributed by atoms with Gasteiger partial charge in [0.2, 0.25) is 0 Å². The molecule has 1 atom stereocenters. The highest BCUT2D eigenvalue weighted by Crippen LogP contribution is 2.30. The van der Waals surface area contributed by atoms with E-state index in [2.05, 4.69) is 27.7 Å². The molecule has 1 aliphatic carbocycles. The summed E-state index contributed by atoms with van der Waals surface area (Å²) >= 11 is 0. The fourth-order valence-corrected chi connectivity index (χ4v) is 4.03. The van der Waals surface area contributed by atoms with Crippen LogP contribution in [0.1, 0.15) is 46.2 Å². The molecule has 1 unspecified atom stereocenters. The number of hydrogen-bond acceptors (Lipinski definition) is 4. The Hall–Kier alpha value is -3.74. The van der Waals surface area contributed by atoms with Crippen LogP contribution in [0.4, 0.5) is 4.39 Å². The minimum absolute atomic E-state index is 0.119. The lowest BCUT2D eigenvalue weighted by molar-refractivity contribution is 0.0923. The second-order valence-corrected chi connectivity index (χ2v) is 7.69. The predicted molar refractivity (Wildman–Crippen MR) is 113 cm³/mol. The number of fused-ring (bicyclic) bond motifs is 1. The Balaban J connectivity index is 1.31. The molecule has 0 saturated carbocycles. The van der Waals surface area contributed by atoms with E-state index in [1.807, 2.05) is 29.1 Å². The van der Waals surface area contributed by atoms with Crippen molar-refractivity contribution < 1.29 is 13.7 Å². The standard InChI is InChI=1S/C24H21FN4O2/c25-18-11-9-17(10-12-18)23-13-21(28-31-23)24(30)27-20-7-4-8-22-19(20)14-26-29(22)15-16-5-2-1-3-6-16/h1-3,5-6,9-14,20H,4,7-8,15H2,(H,27,30). The molecule has 2 aromatic heterocycles. The minimum Gasteiger partial charge on any atom is -0.355 e. The average Bonchev–Trinajstić information content (AvgIpc) is 3.44. The van der Waals surface area contributed by atoms with Crippen molar-refractivity contribution in [2.45, 2.75) is 31.8 Å². The smallest absolute Gasteiger partial charge is 0.273 e. The van der Waals surface area contributed by atoms with E-state index in [1.165, 1.54) is 17.7 Å². The van der Waals surface area contributed by atoms with Gasteiger partial charge in [-0.05, 0) is 49.1 Å². The lowest BCUT2D eigenvalue weighted by Crippen LogP contribution is -2.31. The molecule has 5 rings (SSSR count). The number of amides is 1. The summed E-state index contributed by atoms with van der Waals surface area (Å²) in [6.07, 6.45) is 4.61. The Morgan fingerprint density at radius 3 is 2.77 bits per heavy atom. The quantitative estimate of drug-likeness (QED) is 0.519. The van der Waals surface area contributed by atoms with Crippen LogP contribution in [0.25, 0.3) is 11.3 Å². The van der Waals surface area contributed by atoms with Crippen LogP contribution in [0.3, 0.4) is 0 Å². The highest BCUT2D eigenvalue weighted by Gasteiger charge is 2.27. The second-order valence-electron chi connectivity index (χ2n) is 7.69. The molecule has 2 heterocycles. The summed E-state index contributed by atoms with van der Waals surface area (Å²) in [4.78, 5) is 12.8. The van der Waals surface area contributed by atoms with Crippen LogP contribution in [-0.4, -0.2) is 20.8 Å². The molecular weight excluding hydrogens is 395 g/mol. The maximum Gasteiger partial charge on any atom is 0.273 e. The van der Waals surface area contributed by atoms with Crippen LogP contribution in [0, 0.1) is 5.82 Å². The molecule has 7 heteroatoms. The van der Waals surface area contributed by atoms with Gasteiger partial charge in [0.15, 0.2) is 11.5 Å². The van der Waals surface area contributed by atoms with Gasteiger partial charge >= 0.3 is 0 Å². The molecule has 4 aromatic rings. The van der Waals surface area contributed by atoms with Crippen LogP contribution in [0.5, 0.6) is 0 Å². The van der Waals surface area contributed by atoms with Gasteiger partial charge in [-0.1, -0.05) is 35.5 Å². The number of aromatic nitrogens is 3. The van der Waals surface area contributed by atoms with Crippen LogP contribution < -0.4 is 5.32 Å². The van der Waals surface area contributed by atoms with E-state index in [9.17, 15) is 9.18 Å². The predicted octanol–water partition coefficient (Wildman–Crippen LogP) is 4.53. The number of carbonyl (C=O) groups is 1. The molecule has 0 fully saturated rings. The van der Waals surface area contributed by atoms with Crippen LogP contribution in [-0.2, 0) is 13.0 Å². The molecule has 6 nitrogen and oxygen atoms in total. The van der Waals surface area contributed by atoms with E-state index < -0.39 is 0 Å². The number of hydrogen-bond donors (Lipinski definition) is 1. The first-order chi connectivity index (χ1) is 15.2. The van der Waals surface area contributed by atoms with E-state index in [0.29, 0.717) is 17.9 Å². The maximum absolute atomic E-state index is 13.1. The minimum atomic E-state index is -0.331. The van der Waals surface area contributed by atoms with Gasteiger partial charge < -0.3 is 9.84 Å². The second kappa shape index (κ2) is 8.18. The highest BCUT2D eigenvalue weighted by molar-refractivity contribution is 5.93. The molecule has 156 valence electrons. The van der Waals surface area contributed by atoms with Crippen molar-refractivity contribution in [3.63, 3.8) is 0 Å². The Bertz CT molecular complexity index is 1200. The third kappa shape index (κ3) is 3.99. The summed E-state index contributed by atoms with van der Waals surface area (Å²) in [5, 5.41) is 11.5. The molecular formula is C24H21FN4O2. The van der Waals surface area contributed by atoms with E-state index in [1.54, 1.807) is 18.2 Å². The van der Waals surface area contributed by atoms with E-state index >= 15 is 0 Å². The molecule has 31 heavy (non-hydrogen) atoms. The molecule has 0 saturated heterocycles. The largest absolute Gasteiger partial charge is 0.355 e. The first-order valence-electron chi connectivity index (χ1n) is 10.3. The van der Waals surface area contributed by atoms with Gasteiger partial charge in [0.05, 0.1) is 18.8 Å². The lowest BCUT2D eigenvalue weighted by Gasteiger charge is -2.24. The van der Waals surface area contributed by atoms with Gasteiger partial charge in [0.25, 0.3) is 5.91 Å². The Morgan fingerprint density at radius 2 is 1.97 bits per heavy atom. The zero-order valence-electron chi connectivity index (χ0n) is 16.8. The van der Waals surface area contributed by atoms with Crippen molar-refractivity contribution in [2.75, 3.05) is 0 Å². The van der Waals surface area contributed by atoms with Crippen molar-refractivity contribution in [1.29, 1.82) is 0 Å². The number of nitrogens with one attached hydrogen (secondary N) is 1. The first kappa shape index (κ1) is 19.2. The van der Waals surface area contributed by atoms with Gasteiger partial charge in [0, 0.05) is 22.9 Å². The Kier molecular flexibility index (Phi) is 5.08. The van der Waals surface area contributed by atoms with E-state index in [-0.39, 0.29) is 23.5 Å². The number of nitrogens with zero attached hydrogens (tertiary/aromatic N) is 3. The number of carbonyl (C=O) groups excluding carboxylic acids is 1. The van der Waals surface area contributed by atoms with Crippen molar-refractivity contribution in [1.82, 2.24) is 20.3 Å². The fourth-order valence-electron chi connectivity index (χ4n) is 4.03. The zero-order chi connectivity index (χ0) is 21.2. The molecule has 0 spiro atoms. The fraction of sp³-hybridized carbons (Fsp3) is 0.208. The van der Waals surface area contributed by atoms with Crippen LogP contribution >= 0.6 is 0 Å². The summed E-state index contributed by atoms with van der Waals surface area (Å²) in [6, 6.07) is 17.5. The molecule has 1 N–H and O–H groups in total. The summed E-state index contributed by atoms with van der Waals surface area (Å²) in [5.41, 5.74) is 4.26. The van der Waals surface area contributed by atoms with E-state index in [4.69, 9.17) is 4.52 Å². The normalized spacial score (nSPS) is 15.5. The SMILES string of the molecule is O=C(NC1CCCc2c1cnn2Cc1ccccc1)c1cc(-c2ccc(F)cc2)on1. The van der Waals surface area contributed by atoms with Crippen molar-refractivity contribution in [2.24, 2.45) is 0 Å². The van der Waals surface area contributed by atoms with Crippen LogP contribution in [0.2, 0.25) is 0 Å². The summed E-state index contributed by atoms with van der Waals surface area (Å²) in [6.45, 7) is 0.709. The number of rotatable bonds is 5. The van der Waals surface area contributed by atoms with Gasteiger partial charge in [-0.15, -0.1) is 0 Å². The number of benzene rings is 2. The van der Waals surface area contributed by atoms with Crippen molar-refractivity contribution in [3.05, 3.63) is 95.2 Å². The van der Waals surface area contributed by atoms with Gasteiger partial charge in [0.1, 0.15) is 5.82 Å². The molecule has 1 aliphatic rings. The number of halogens is 1. The molecule has 0 radical (unpaired) electrons. The Labute approximate surface area is 178 Å². The lowest BCUT2D eigenvalue weighted by atomic mass is 9.92. The zero-order valence-corrected chi connectivity index (χ0v) is 16.8. The third-order valence-corrected chi connectivity index (χ3v) is 5.61. The average molecular weight is 416 g/mol. The molecule has 2 aromatic carbocycles. The maximum atomic E-state index is 13.1. The third-order valence-electron chi connectivity index (χ3n) is 5.61. The van der Waals surface area contributed by atoms with Crippen molar-refractivity contribution in [3.8, 4) is 11.3 Å². The summed E-state index contributed by atoms with van der Waals surface area (Å²) < 4.78 is 20.4. The van der Waals surface area contributed by atoms with Gasteiger partial charge in [-0.3, -0.25) is 9.48 Å². The van der Waals surface area contributed by atoms with Gasteiger partial charge in [-0.25, -0.2) is 4.39 Å². The van der Waals surface area contributed by atoms with E-state index in [0.717, 1.165) is 30.5 Å². The molecule has 0 aliphatic heterocycles. The van der Waals surface area contributed by atoms with Crippen molar-refractivity contribution >= 4 is 5.91 Å². The highest BCUT2D eigenvalue weighted by atomic mass is 19.1.